The van der Waals surface area contributed by atoms with E-state index in [1.54, 1.807) is 24.3 Å². The molecule has 8 heteroatoms. The van der Waals surface area contributed by atoms with Gasteiger partial charge in [0.05, 0.1) is 22.1 Å². The van der Waals surface area contributed by atoms with Gasteiger partial charge in [0.15, 0.2) is 0 Å². The predicted molar refractivity (Wildman–Crippen MR) is 59.6 cm³/mol. The van der Waals surface area contributed by atoms with Crippen molar-refractivity contribution < 1.29 is 17.0 Å². The monoisotopic (exact) mass is 268 g/mol. The first-order chi connectivity index (χ1) is 6.79. The topological polar surface area (TPSA) is 44.8 Å². The summed E-state index contributed by atoms with van der Waals surface area (Å²) < 4.78 is 26.5. The molecule has 0 atom stereocenters. The minimum atomic E-state index is -3.43. The minimum absolute atomic E-state index is 0.462. The van der Waals surface area contributed by atoms with Gasteiger partial charge in [-0.25, -0.2) is 4.57 Å². The van der Waals surface area contributed by atoms with Crippen molar-refractivity contribution in [3.8, 4) is 5.75 Å². The van der Waals surface area contributed by atoms with Gasteiger partial charge in [-0.1, -0.05) is 18.2 Å². The molecule has 1 aliphatic heterocycles. The quantitative estimate of drug-likeness (QED) is 0.455. The van der Waals surface area contributed by atoms with E-state index in [0.29, 0.717) is 5.75 Å². The third kappa shape index (κ3) is 2.85. The Bertz CT molecular complexity index is 336. The van der Waals surface area contributed by atoms with E-state index in [1.165, 1.54) is 9.83 Å². The van der Waals surface area contributed by atoms with Crippen LogP contribution in [0.1, 0.15) is 0 Å². The Kier molecular flexibility index (Phi) is 3.70. The molecule has 0 radical (unpaired) electrons. The lowest BCUT2D eigenvalue weighted by molar-refractivity contribution is 0.333. The molecule has 1 aromatic rings. The molecule has 76 valence electrons. The maximum atomic E-state index is 11.7. The Balaban J connectivity index is 2.06. The van der Waals surface area contributed by atoms with E-state index in [9.17, 15) is 4.57 Å². The van der Waals surface area contributed by atoms with Gasteiger partial charge in [0, 0.05) is 9.83 Å². The molecule has 2 rings (SSSR count). The second-order valence-corrected chi connectivity index (χ2v) is 7.33. The van der Waals surface area contributed by atoms with Crippen molar-refractivity contribution >= 4 is 39.8 Å². The van der Waals surface area contributed by atoms with Gasteiger partial charge < -0.3 is 4.52 Å². The largest absolute Gasteiger partial charge is 0.554 e. The van der Waals surface area contributed by atoms with Crippen LogP contribution in [0.5, 0.6) is 5.75 Å². The van der Waals surface area contributed by atoms with E-state index < -0.39 is 7.82 Å². The van der Waals surface area contributed by atoms with E-state index in [-0.39, 0.29) is 0 Å². The molecule has 0 N–H and O–H groups in total. The van der Waals surface area contributed by atoms with Crippen LogP contribution in [0, 0.1) is 0 Å². The number of benzene rings is 1. The van der Waals surface area contributed by atoms with Gasteiger partial charge in [-0.3, -0.25) is 0 Å². The molecular formula is C6H5O4PS3. The lowest BCUT2D eigenvalue weighted by atomic mass is 10.3. The van der Waals surface area contributed by atoms with Crippen LogP contribution >= 0.6 is 39.8 Å². The van der Waals surface area contributed by atoms with Gasteiger partial charge in [0.25, 0.3) is 0 Å². The first kappa shape index (κ1) is 10.7. The van der Waals surface area contributed by atoms with E-state index in [0.717, 1.165) is 22.1 Å². The van der Waals surface area contributed by atoms with Crippen molar-refractivity contribution in [2.24, 2.45) is 0 Å². The molecule has 1 aromatic carbocycles. The molecule has 0 amide bonds. The lowest BCUT2D eigenvalue weighted by Crippen LogP contribution is -1.95. The fourth-order valence-corrected chi connectivity index (χ4v) is 5.93. The summed E-state index contributed by atoms with van der Waals surface area (Å²) >= 11 is 1.98. The molecule has 1 fully saturated rings. The van der Waals surface area contributed by atoms with Gasteiger partial charge >= 0.3 is 7.82 Å². The lowest BCUT2D eigenvalue weighted by Gasteiger charge is -2.18. The van der Waals surface area contributed by atoms with Crippen molar-refractivity contribution in [2.45, 2.75) is 0 Å². The molecule has 1 heterocycles. The summed E-state index contributed by atoms with van der Waals surface area (Å²) in [6, 6.07) is 8.76. The smallest absolute Gasteiger partial charge is 0.403 e. The van der Waals surface area contributed by atoms with Gasteiger partial charge in [-0.2, -0.15) is 7.94 Å². The van der Waals surface area contributed by atoms with Crippen LogP contribution < -0.4 is 4.52 Å². The Hall–Kier alpha value is 0.220. The molecule has 0 aliphatic carbocycles. The van der Waals surface area contributed by atoms with Crippen molar-refractivity contribution in [3.05, 3.63) is 30.3 Å². The molecule has 0 aromatic heterocycles. The standard InChI is InChI=1S/C6H5O4PS3/c7-11(9-12-14-13-10-11)8-6-4-2-1-3-5-6/h1-5H. The van der Waals surface area contributed by atoms with Crippen LogP contribution in [0.25, 0.3) is 0 Å². The molecule has 0 bridgehead atoms. The number of para-hydroxylation sites is 1. The van der Waals surface area contributed by atoms with Crippen LogP contribution in [-0.4, -0.2) is 0 Å². The molecule has 4 nitrogen and oxygen atoms in total. The highest BCUT2D eigenvalue weighted by Crippen LogP contribution is 2.65. The average Bonchev–Trinajstić information content (AvgIpc) is 2.19. The Morgan fingerprint density at radius 2 is 1.79 bits per heavy atom. The normalized spacial score (nSPS) is 20.3. The van der Waals surface area contributed by atoms with Crippen LogP contribution in [0.2, 0.25) is 0 Å². The number of rotatable bonds is 2. The van der Waals surface area contributed by atoms with E-state index >= 15 is 0 Å². The fraction of sp³-hybridized carbons (Fsp3) is 0. The molecule has 0 unspecified atom stereocenters. The van der Waals surface area contributed by atoms with E-state index in [4.69, 9.17) is 12.5 Å². The Morgan fingerprint density at radius 1 is 1.14 bits per heavy atom. The SMILES string of the molecule is O=P1(Oc2ccccc2)OSSSO1. The Labute approximate surface area is 92.9 Å². The second kappa shape index (κ2) is 4.83. The van der Waals surface area contributed by atoms with Gasteiger partial charge in [0.1, 0.15) is 5.75 Å². The third-order valence-corrected chi connectivity index (χ3v) is 6.18. The molecular weight excluding hydrogens is 263 g/mol. The zero-order chi connectivity index (χ0) is 9.86. The summed E-state index contributed by atoms with van der Waals surface area (Å²) in [7, 11) is -2.19. The summed E-state index contributed by atoms with van der Waals surface area (Å²) in [5.74, 6) is 0.462. The maximum absolute atomic E-state index is 11.7. The Morgan fingerprint density at radius 3 is 2.43 bits per heavy atom. The zero-order valence-electron chi connectivity index (χ0n) is 6.69. The van der Waals surface area contributed by atoms with E-state index in [2.05, 4.69) is 0 Å². The summed E-state index contributed by atoms with van der Waals surface area (Å²) in [6.45, 7) is 0. The molecule has 14 heavy (non-hydrogen) atoms. The van der Waals surface area contributed by atoms with Crippen LogP contribution in [0.4, 0.5) is 0 Å². The average molecular weight is 268 g/mol. The molecule has 0 spiro atoms. The highest BCUT2D eigenvalue weighted by Gasteiger charge is 2.34. The van der Waals surface area contributed by atoms with Gasteiger partial charge in [-0.15, -0.1) is 0 Å². The summed E-state index contributed by atoms with van der Waals surface area (Å²) in [4.78, 5) is 0. The fourth-order valence-electron chi connectivity index (χ4n) is 0.764. The van der Waals surface area contributed by atoms with Crippen LogP contribution in [-0.2, 0) is 12.5 Å². The number of hydrogen-bond acceptors (Lipinski definition) is 7. The summed E-state index contributed by atoms with van der Waals surface area (Å²) in [5, 5.41) is 0. The highest BCUT2D eigenvalue weighted by atomic mass is 33.5. The molecule has 0 saturated carbocycles. The summed E-state index contributed by atoms with van der Waals surface area (Å²) in [5.41, 5.74) is 0. The minimum Gasteiger partial charge on any atom is -0.403 e. The van der Waals surface area contributed by atoms with Crippen molar-refractivity contribution in [1.82, 2.24) is 0 Å². The van der Waals surface area contributed by atoms with Crippen LogP contribution in [0.15, 0.2) is 30.3 Å². The second-order valence-electron chi connectivity index (χ2n) is 2.20. The van der Waals surface area contributed by atoms with Crippen molar-refractivity contribution in [3.63, 3.8) is 0 Å². The molecule has 1 saturated heterocycles. The third-order valence-electron chi connectivity index (χ3n) is 1.26. The first-order valence-corrected chi connectivity index (χ1v) is 8.31. The number of hydrogen-bond donors (Lipinski definition) is 0. The summed E-state index contributed by atoms with van der Waals surface area (Å²) in [6.07, 6.45) is 0. The zero-order valence-corrected chi connectivity index (χ0v) is 10.0. The first-order valence-electron chi connectivity index (χ1n) is 3.51. The van der Waals surface area contributed by atoms with E-state index in [1.807, 2.05) is 6.07 Å². The van der Waals surface area contributed by atoms with Crippen LogP contribution in [0.3, 0.4) is 0 Å². The molecule has 1 aliphatic rings. The predicted octanol–water partition coefficient (Wildman–Crippen LogP) is 4.08. The van der Waals surface area contributed by atoms with Crippen molar-refractivity contribution in [1.29, 1.82) is 0 Å². The highest BCUT2D eigenvalue weighted by molar-refractivity contribution is 9.08. The van der Waals surface area contributed by atoms with Gasteiger partial charge in [-0.05, 0) is 12.1 Å². The number of phosphoric acid groups is 1. The van der Waals surface area contributed by atoms with Gasteiger partial charge in [0.2, 0.25) is 0 Å². The van der Waals surface area contributed by atoms with Crippen molar-refractivity contribution in [2.75, 3.05) is 0 Å². The maximum Gasteiger partial charge on any atom is 0.554 e.